The number of carbonyl (C=O) groups excluding carboxylic acids is 1. The van der Waals surface area contributed by atoms with Gasteiger partial charge < -0.3 is 14.4 Å². The molecular formula is C10H22N2O4S. The first-order chi connectivity index (χ1) is 7.45. The number of hydrogen-bond acceptors (Lipinski definition) is 4. The van der Waals surface area contributed by atoms with Crippen LogP contribution in [0.2, 0.25) is 0 Å². The molecule has 0 aliphatic carbocycles. The quantitative estimate of drug-likeness (QED) is 0.316. The third-order valence-corrected chi connectivity index (χ3v) is 1.49. The van der Waals surface area contributed by atoms with Crippen LogP contribution in [0.5, 0.6) is 0 Å². The Morgan fingerprint density at radius 2 is 1.82 bits per heavy atom. The predicted octanol–water partition coefficient (Wildman–Crippen LogP) is -0.454. The van der Waals surface area contributed by atoms with Gasteiger partial charge in [-0.05, 0) is 6.08 Å². The lowest BCUT2D eigenvalue weighted by molar-refractivity contribution is -0.870. The van der Waals surface area contributed by atoms with E-state index in [-0.39, 0.29) is 5.91 Å². The topological polar surface area (TPSA) is 86.3 Å². The van der Waals surface area contributed by atoms with E-state index in [1.54, 1.807) is 0 Å². The maximum Gasteiger partial charge on any atom is 0.243 e. The van der Waals surface area contributed by atoms with Gasteiger partial charge >= 0.3 is 0 Å². The largest absolute Gasteiger partial charge is 0.748 e. The van der Waals surface area contributed by atoms with E-state index in [1.165, 1.54) is 6.08 Å². The summed E-state index contributed by atoms with van der Waals surface area (Å²) < 4.78 is 28.2. The van der Waals surface area contributed by atoms with E-state index in [9.17, 15) is 4.79 Å². The Hall–Kier alpha value is -0.920. The standard InChI is InChI=1S/C9H18N2O.CH4O3S/c1-5-9(12)10-7-6-8-11(2,3)4;1-5(2,3)4/h5H,1,6-8H2,2-4H3;1H3,(H,2,3,4). The van der Waals surface area contributed by atoms with Crippen LogP contribution in [0, 0.1) is 0 Å². The van der Waals surface area contributed by atoms with Crippen LogP contribution in [0.15, 0.2) is 12.7 Å². The second-order valence-electron chi connectivity index (χ2n) is 4.57. The summed E-state index contributed by atoms with van der Waals surface area (Å²) in [5.41, 5.74) is 0. The minimum Gasteiger partial charge on any atom is -0.748 e. The third-order valence-electron chi connectivity index (χ3n) is 1.49. The highest BCUT2D eigenvalue weighted by Gasteiger charge is 2.05. The lowest BCUT2D eigenvalue weighted by Gasteiger charge is -2.23. The number of nitrogens with one attached hydrogen (secondary N) is 1. The van der Waals surface area contributed by atoms with Gasteiger partial charge in [-0.3, -0.25) is 4.79 Å². The second-order valence-corrected chi connectivity index (χ2v) is 5.98. The molecule has 6 nitrogen and oxygen atoms in total. The minimum absolute atomic E-state index is 0.0867. The highest BCUT2D eigenvalue weighted by atomic mass is 32.2. The van der Waals surface area contributed by atoms with E-state index in [4.69, 9.17) is 13.0 Å². The summed E-state index contributed by atoms with van der Waals surface area (Å²) in [4.78, 5) is 10.7. The molecule has 1 N–H and O–H groups in total. The maximum atomic E-state index is 10.7. The van der Waals surface area contributed by atoms with Crippen LogP contribution in [0.25, 0.3) is 0 Å². The Balaban J connectivity index is 0. The van der Waals surface area contributed by atoms with Crippen LogP contribution in [0.3, 0.4) is 0 Å². The molecule has 0 bridgehead atoms. The van der Waals surface area contributed by atoms with Gasteiger partial charge in [0.15, 0.2) is 0 Å². The Morgan fingerprint density at radius 1 is 1.41 bits per heavy atom. The van der Waals surface area contributed by atoms with E-state index < -0.39 is 10.1 Å². The molecular weight excluding hydrogens is 244 g/mol. The summed E-state index contributed by atoms with van der Waals surface area (Å²) in [6, 6.07) is 0. The lowest BCUT2D eigenvalue weighted by Crippen LogP contribution is -2.37. The van der Waals surface area contributed by atoms with Gasteiger partial charge in [-0.15, -0.1) is 0 Å². The van der Waals surface area contributed by atoms with Crippen LogP contribution < -0.4 is 5.32 Å². The number of hydrogen-bond donors (Lipinski definition) is 1. The summed E-state index contributed by atoms with van der Waals surface area (Å²) in [6.07, 6.45) is 2.90. The van der Waals surface area contributed by atoms with Crippen molar-refractivity contribution in [3.63, 3.8) is 0 Å². The fourth-order valence-corrected chi connectivity index (χ4v) is 0.837. The Kier molecular flexibility index (Phi) is 8.91. The zero-order valence-electron chi connectivity index (χ0n) is 10.9. The van der Waals surface area contributed by atoms with Crippen LogP contribution in [-0.4, -0.2) is 63.8 Å². The molecule has 0 aromatic carbocycles. The molecule has 0 aliphatic rings. The average molecular weight is 266 g/mol. The SMILES string of the molecule is C=CC(=O)NCCC[N+](C)(C)C.CS(=O)(=O)[O-]. The van der Waals surface area contributed by atoms with Crippen LogP contribution in [0.1, 0.15) is 6.42 Å². The van der Waals surface area contributed by atoms with E-state index in [1.807, 2.05) is 0 Å². The zero-order valence-corrected chi connectivity index (χ0v) is 11.7. The highest BCUT2D eigenvalue weighted by molar-refractivity contribution is 7.84. The fraction of sp³-hybridized carbons (Fsp3) is 0.700. The lowest BCUT2D eigenvalue weighted by atomic mass is 10.3. The van der Waals surface area contributed by atoms with Crippen molar-refractivity contribution in [3.05, 3.63) is 12.7 Å². The van der Waals surface area contributed by atoms with Gasteiger partial charge in [0.05, 0.1) is 37.8 Å². The van der Waals surface area contributed by atoms with Crippen molar-refractivity contribution in [1.82, 2.24) is 5.32 Å². The molecule has 0 heterocycles. The van der Waals surface area contributed by atoms with Gasteiger partial charge in [0.2, 0.25) is 5.91 Å². The Bertz CT molecular complexity index is 323. The molecule has 0 aliphatic heterocycles. The molecule has 7 heteroatoms. The van der Waals surface area contributed by atoms with Crippen molar-refractivity contribution in [2.24, 2.45) is 0 Å². The van der Waals surface area contributed by atoms with Crippen molar-refractivity contribution >= 4 is 16.0 Å². The van der Waals surface area contributed by atoms with Gasteiger partial charge in [-0.1, -0.05) is 6.58 Å². The van der Waals surface area contributed by atoms with E-state index in [0.717, 1.165) is 24.0 Å². The normalized spacial score (nSPS) is 11.1. The molecule has 0 radical (unpaired) electrons. The van der Waals surface area contributed by atoms with E-state index in [2.05, 4.69) is 33.0 Å². The molecule has 1 amide bonds. The molecule has 0 spiro atoms. The molecule has 0 aromatic heterocycles. The van der Waals surface area contributed by atoms with Gasteiger partial charge in [0.1, 0.15) is 0 Å². The number of amides is 1. The predicted molar refractivity (Wildman–Crippen MR) is 66.3 cm³/mol. The smallest absolute Gasteiger partial charge is 0.243 e. The average Bonchev–Trinajstić information content (AvgIpc) is 2.07. The van der Waals surface area contributed by atoms with Crippen LogP contribution in [-0.2, 0) is 14.9 Å². The number of rotatable bonds is 5. The van der Waals surface area contributed by atoms with Gasteiger partial charge in [0.25, 0.3) is 0 Å². The number of quaternary nitrogens is 1. The summed E-state index contributed by atoms with van der Waals surface area (Å²) in [5, 5.41) is 2.74. The first kappa shape index (κ1) is 18.4. The molecule has 0 atom stereocenters. The molecule has 0 rings (SSSR count). The monoisotopic (exact) mass is 266 g/mol. The van der Waals surface area contributed by atoms with Crippen molar-refractivity contribution in [2.75, 3.05) is 40.5 Å². The zero-order chi connectivity index (χ0) is 14.1. The Labute approximate surface area is 104 Å². The number of nitrogens with zero attached hydrogens (tertiary/aromatic N) is 1. The minimum atomic E-state index is -3.92. The van der Waals surface area contributed by atoms with E-state index in [0.29, 0.717) is 6.26 Å². The summed E-state index contributed by atoms with van der Waals surface area (Å²) in [7, 11) is 2.49. The summed E-state index contributed by atoms with van der Waals surface area (Å²) in [5.74, 6) is -0.0867. The molecule has 102 valence electrons. The first-order valence-corrected chi connectivity index (χ1v) is 6.89. The van der Waals surface area contributed by atoms with Crippen LogP contribution >= 0.6 is 0 Å². The molecule has 17 heavy (non-hydrogen) atoms. The maximum absolute atomic E-state index is 10.7. The van der Waals surface area contributed by atoms with Gasteiger partial charge in [-0.25, -0.2) is 8.42 Å². The highest BCUT2D eigenvalue weighted by Crippen LogP contribution is 1.91. The van der Waals surface area contributed by atoms with Crippen molar-refractivity contribution in [3.8, 4) is 0 Å². The van der Waals surface area contributed by atoms with Crippen molar-refractivity contribution < 1.29 is 22.2 Å². The molecule has 0 aromatic rings. The fourth-order valence-electron chi connectivity index (χ4n) is 0.837. The van der Waals surface area contributed by atoms with E-state index >= 15 is 0 Å². The summed E-state index contributed by atoms with van der Waals surface area (Å²) in [6.45, 7) is 5.18. The van der Waals surface area contributed by atoms with Gasteiger partial charge in [0, 0.05) is 19.2 Å². The first-order valence-electron chi connectivity index (χ1n) is 5.07. The number of carbonyl (C=O) groups is 1. The Morgan fingerprint density at radius 3 is 2.12 bits per heavy atom. The van der Waals surface area contributed by atoms with Crippen molar-refractivity contribution in [2.45, 2.75) is 6.42 Å². The molecule has 0 unspecified atom stereocenters. The van der Waals surface area contributed by atoms with Gasteiger partial charge in [-0.2, -0.15) is 0 Å². The van der Waals surface area contributed by atoms with Crippen molar-refractivity contribution in [1.29, 1.82) is 0 Å². The molecule has 0 fully saturated rings. The third kappa shape index (κ3) is 31.3. The van der Waals surface area contributed by atoms with Crippen LogP contribution in [0.4, 0.5) is 0 Å². The molecule has 0 saturated heterocycles. The second kappa shape index (κ2) is 8.21. The molecule has 0 saturated carbocycles. The summed E-state index contributed by atoms with van der Waals surface area (Å²) >= 11 is 0.